The van der Waals surface area contributed by atoms with Crippen LogP contribution in [0.1, 0.15) is 40.0 Å². The van der Waals surface area contributed by atoms with Crippen LogP contribution in [0.3, 0.4) is 0 Å². The first kappa shape index (κ1) is 14.6. The van der Waals surface area contributed by atoms with Crippen LogP contribution in [0.4, 0.5) is 5.69 Å². The molecular formula is C15H21BrIN. The van der Waals surface area contributed by atoms with E-state index in [-0.39, 0.29) is 0 Å². The SMILES string of the molecule is CC1CC(C)(C)CCC1Nc1ccc(I)cc1Br. The summed E-state index contributed by atoms with van der Waals surface area (Å²) in [7, 11) is 0. The molecular weight excluding hydrogens is 401 g/mol. The van der Waals surface area contributed by atoms with Crippen molar-refractivity contribution >= 4 is 44.2 Å². The molecule has 1 fully saturated rings. The van der Waals surface area contributed by atoms with Crippen LogP contribution < -0.4 is 5.32 Å². The van der Waals surface area contributed by atoms with Crippen molar-refractivity contribution in [3.63, 3.8) is 0 Å². The fraction of sp³-hybridized carbons (Fsp3) is 0.600. The summed E-state index contributed by atoms with van der Waals surface area (Å²) >= 11 is 5.99. The van der Waals surface area contributed by atoms with Gasteiger partial charge >= 0.3 is 0 Å². The Morgan fingerprint density at radius 3 is 2.72 bits per heavy atom. The largest absolute Gasteiger partial charge is 0.381 e. The highest BCUT2D eigenvalue weighted by molar-refractivity contribution is 14.1. The number of hydrogen-bond acceptors (Lipinski definition) is 1. The van der Waals surface area contributed by atoms with Gasteiger partial charge in [0.15, 0.2) is 0 Å². The van der Waals surface area contributed by atoms with Gasteiger partial charge in [-0.1, -0.05) is 20.8 Å². The number of anilines is 1. The molecule has 0 spiro atoms. The highest BCUT2D eigenvalue weighted by atomic mass is 127. The molecule has 0 heterocycles. The molecule has 1 nitrogen and oxygen atoms in total. The molecule has 2 rings (SSSR count). The molecule has 1 saturated carbocycles. The van der Waals surface area contributed by atoms with Crippen molar-refractivity contribution in [1.82, 2.24) is 0 Å². The van der Waals surface area contributed by atoms with Crippen LogP contribution in [0.15, 0.2) is 22.7 Å². The lowest BCUT2D eigenvalue weighted by atomic mass is 9.70. The number of rotatable bonds is 2. The average molecular weight is 422 g/mol. The molecule has 1 N–H and O–H groups in total. The lowest BCUT2D eigenvalue weighted by Gasteiger charge is -2.40. The molecule has 18 heavy (non-hydrogen) atoms. The minimum Gasteiger partial charge on any atom is -0.381 e. The molecule has 1 aromatic rings. The Bertz CT molecular complexity index is 431. The fourth-order valence-corrected chi connectivity index (χ4v) is 4.38. The average Bonchev–Trinajstić information content (AvgIpc) is 2.24. The molecule has 0 aromatic heterocycles. The Kier molecular flexibility index (Phi) is 4.63. The van der Waals surface area contributed by atoms with Crippen molar-refractivity contribution in [1.29, 1.82) is 0 Å². The molecule has 0 aliphatic heterocycles. The van der Waals surface area contributed by atoms with Crippen molar-refractivity contribution in [3.8, 4) is 0 Å². The first-order valence-electron chi connectivity index (χ1n) is 6.59. The maximum absolute atomic E-state index is 3.71. The Morgan fingerprint density at radius 1 is 1.39 bits per heavy atom. The second-order valence-corrected chi connectivity index (χ2v) is 8.36. The highest BCUT2D eigenvalue weighted by Gasteiger charge is 2.32. The van der Waals surface area contributed by atoms with E-state index in [1.165, 1.54) is 33.0 Å². The summed E-state index contributed by atoms with van der Waals surface area (Å²) < 4.78 is 2.44. The van der Waals surface area contributed by atoms with Crippen molar-refractivity contribution in [2.24, 2.45) is 11.3 Å². The first-order chi connectivity index (χ1) is 8.37. The van der Waals surface area contributed by atoms with E-state index < -0.39 is 0 Å². The molecule has 1 aliphatic rings. The summed E-state index contributed by atoms with van der Waals surface area (Å²) in [5.74, 6) is 0.736. The van der Waals surface area contributed by atoms with Crippen molar-refractivity contribution in [3.05, 3.63) is 26.2 Å². The second-order valence-electron chi connectivity index (χ2n) is 6.26. The monoisotopic (exact) mass is 421 g/mol. The smallest absolute Gasteiger partial charge is 0.0487 e. The van der Waals surface area contributed by atoms with E-state index in [0.29, 0.717) is 11.5 Å². The topological polar surface area (TPSA) is 12.0 Å². The van der Waals surface area contributed by atoms with Crippen molar-refractivity contribution in [2.45, 2.75) is 46.1 Å². The third-order valence-corrected chi connectivity index (χ3v) is 5.29. The van der Waals surface area contributed by atoms with Gasteiger partial charge in [0, 0.05) is 19.8 Å². The third-order valence-electron chi connectivity index (χ3n) is 3.97. The predicted octanol–water partition coefficient (Wildman–Crippen LogP) is 5.68. The number of halogens is 2. The van der Waals surface area contributed by atoms with E-state index in [1.807, 2.05) is 0 Å². The van der Waals surface area contributed by atoms with Gasteiger partial charge in [-0.05, 0) is 87.3 Å². The minimum atomic E-state index is 0.515. The normalized spacial score (nSPS) is 26.9. The Hall–Kier alpha value is 0.230. The summed E-state index contributed by atoms with van der Waals surface area (Å²) in [5, 5.41) is 3.71. The van der Waals surface area contributed by atoms with Gasteiger partial charge < -0.3 is 5.32 Å². The van der Waals surface area contributed by atoms with Crippen molar-refractivity contribution in [2.75, 3.05) is 5.32 Å². The zero-order valence-electron chi connectivity index (χ0n) is 11.3. The molecule has 0 bridgehead atoms. The molecule has 100 valence electrons. The number of hydrogen-bond donors (Lipinski definition) is 1. The Labute approximate surface area is 132 Å². The second kappa shape index (κ2) is 5.70. The van der Waals surface area contributed by atoms with Crippen LogP contribution in [0.2, 0.25) is 0 Å². The molecule has 1 aromatic carbocycles. The van der Waals surface area contributed by atoms with Crippen molar-refractivity contribution < 1.29 is 0 Å². The molecule has 0 amide bonds. The van der Waals surface area contributed by atoms with E-state index in [9.17, 15) is 0 Å². The summed E-state index contributed by atoms with van der Waals surface area (Å²) in [5.41, 5.74) is 1.74. The van der Waals surface area contributed by atoms with E-state index in [0.717, 1.165) is 5.92 Å². The van der Waals surface area contributed by atoms with Crippen LogP contribution >= 0.6 is 38.5 Å². The lowest BCUT2D eigenvalue weighted by molar-refractivity contribution is 0.177. The Morgan fingerprint density at radius 2 is 2.11 bits per heavy atom. The van der Waals surface area contributed by atoms with Crippen LogP contribution in [-0.4, -0.2) is 6.04 Å². The highest BCUT2D eigenvalue weighted by Crippen LogP contribution is 2.40. The summed E-state index contributed by atoms with van der Waals surface area (Å²) in [4.78, 5) is 0. The van der Waals surface area contributed by atoms with E-state index >= 15 is 0 Å². The number of nitrogens with one attached hydrogen (secondary N) is 1. The molecule has 3 heteroatoms. The standard InChI is InChI=1S/C15H21BrIN/c1-10-9-15(2,3)7-6-13(10)18-14-5-4-11(17)8-12(14)16/h4-5,8,10,13,18H,6-7,9H2,1-3H3. The molecule has 2 unspecified atom stereocenters. The van der Waals surface area contributed by atoms with Gasteiger partial charge in [0.05, 0.1) is 0 Å². The predicted molar refractivity (Wildman–Crippen MR) is 91.1 cm³/mol. The van der Waals surface area contributed by atoms with Gasteiger partial charge in [0.2, 0.25) is 0 Å². The zero-order chi connectivity index (χ0) is 13.3. The van der Waals surface area contributed by atoms with Crippen LogP contribution in [0.5, 0.6) is 0 Å². The lowest BCUT2D eigenvalue weighted by Crippen LogP contribution is -2.36. The Balaban J connectivity index is 2.06. The van der Waals surface area contributed by atoms with Crippen LogP contribution in [0.25, 0.3) is 0 Å². The fourth-order valence-electron chi connectivity index (χ4n) is 2.97. The zero-order valence-corrected chi connectivity index (χ0v) is 15.0. The molecule has 2 atom stereocenters. The van der Waals surface area contributed by atoms with E-state index in [1.54, 1.807) is 0 Å². The van der Waals surface area contributed by atoms with Gasteiger partial charge in [-0.3, -0.25) is 0 Å². The van der Waals surface area contributed by atoms with Crippen LogP contribution in [0, 0.1) is 14.9 Å². The minimum absolute atomic E-state index is 0.515. The van der Waals surface area contributed by atoms with Crippen LogP contribution in [-0.2, 0) is 0 Å². The quantitative estimate of drug-likeness (QED) is 0.605. The molecule has 0 radical (unpaired) electrons. The van der Waals surface area contributed by atoms with Gasteiger partial charge in [-0.2, -0.15) is 0 Å². The van der Waals surface area contributed by atoms with Gasteiger partial charge in [0.25, 0.3) is 0 Å². The molecule has 1 aliphatic carbocycles. The van der Waals surface area contributed by atoms with Gasteiger partial charge in [0.1, 0.15) is 0 Å². The summed E-state index contributed by atoms with van der Waals surface area (Å²) in [6.45, 7) is 7.15. The summed E-state index contributed by atoms with van der Waals surface area (Å²) in [6.07, 6.45) is 3.90. The van der Waals surface area contributed by atoms with E-state index in [2.05, 4.69) is 82.8 Å². The third kappa shape index (κ3) is 3.62. The maximum Gasteiger partial charge on any atom is 0.0487 e. The van der Waals surface area contributed by atoms with Gasteiger partial charge in [-0.15, -0.1) is 0 Å². The molecule has 0 saturated heterocycles. The number of benzene rings is 1. The maximum atomic E-state index is 3.71. The summed E-state index contributed by atoms with van der Waals surface area (Å²) in [6, 6.07) is 7.11. The van der Waals surface area contributed by atoms with E-state index in [4.69, 9.17) is 0 Å². The van der Waals surface area contributed by atoms with Gasteiger partial charge in [-0.25, -0.2) is 0 Å². The first-order valence-corrected chi connectivity index (χ1v) is 8.46.